The summed E-state index contributed by atoms with van der Waals surface area (Å²) in [5.74, 6) is 0.0388. The minimum absolute atomic E-state index is 0.0716. The lowest BCUT2D eigenvalue weighted by Crippen LogP contribution is -2.37. The fourth-order valence-corrected chi connectivity index (χ4v) is 5.19. The topological polar surface area (TPSA) is 66.4 Å². The van der Waals surface area contributed by atoms with Gasteiger partial charge in [-0.2, -0.15) is 11.8 Å². The molecule has 0 spiro atoms. The normalized spacial score (nSPS) is 22.7. The van der Waals surface area contributed by atoms with Gasteiger partial charge in [-0.05, 0) is 37.7 Å². The molecule has 1 unspecified atom stereocenters. The van der Waals surface area contributed by atoms with Crippen LogP contribution in [0.2, 0.25) is 5.02 Å². The summed E-state index contributed by atoms with van der Waals surface area (Å²) in [5.41, 5.74) is -0.135. The number of thioether (sulfide) groups is 1. The van der Waals surface area contributed by atoms with Gasteiger partial charge in [-0.25, -0.2) is 17.5 Å². The summed E-state index contributed by atoms with van der Waals surface area (Å²) >= 11 is 7.50. The summed E-state index contributed by atoms with van der Waals surface area (Å²) in [6, 6.07) is 2.27. The van der Waals surface area contributed by atoms with Gasteiger partial charge in [0.2, 0.25) is 10.0 Å². The van der Waals surface area contributed by atoms with Gasteiger partial charge in [0, 0.05) is 21.9 Å². The molecule has 0 aliphatic carbocycles. The van der Waals surface area contributed by atoms with Gasteiger partial charge in [0.15, 0.2) is 0 Å². The maximum atomic E-state index is 14.1. The van der Waals surface area contributed by atoms with Gasteiger partial charge in [-0.15, -0.1) is 0 Å². The van der Waals surface area contributed by atoms with E-state index in [0.29, 0.717) is 0 Å². The standard InChI is InChI=1S/C13H17ClFNO3S2/c1-13(3-2-4-20-13)8-16-21(18,19)11-6-10(14)5-9(7-17)12(11)15/h5-6,16-17H,2-4,7-8H2,1H3. The second-order valence-electron chi connectivity index (χ2n) is 5.26. The van der Waals surface area contributed by atoms with Crippen molar-refractivity contribution in [2.45, 2.75) is 36.0 Å². The molecule has 8 heteroatoms. The highest BCUT2D eigenvalue weighted by atomic mass is 35.5. The molecule has 1 atom stereocenters. The Kier molecular flexibility index (Phi) is 5.20. The molecule has 118 valence electrons. The lowest BCUT2D eigenvalue weighted by molar-refractivity contribution is 0.274. The van der Waals surface area contributed by atoms with Crippen LogP contribution < -0.4 is 4.72 Å². The van der Waals surface area contributed by atoms with Crippen molar-refractivity contribution in [2.24, 2.45) is 0 Å². The van der Waals surface area contributed by atoms with E-state index in [0.717, 1.165) is 24.7 Å². The van der Waals surface area contributed by atoms with Gasteiger partial charge in [0.05, 0.1) is 6.61 Å². The third kappa shape index (κ3) is 3.90. The maximum Gasteiger partial charge on any atom is 0.243 e. The Balaban J connectivity index is 2.25. The quantitative estimate of drug-likeness (QED) is 0.853. The number of nitrogens with one attached hydrogen (secondary N) is 1. The molecule has 4 nitrogen and oxygen atoms in total. The van der Waals surface area contributed by atoms with Crippen LogP contribution in [0.25, 0.3) is 0 Å². The van der Waals surface area contributed by atoms with Crippen LogP contribution in [-0.4, -0.2) is 30.6 Å². The Morgan fingerprint density at radius 2 is 2.24 bits per heavy atom. The highest BCUT2D eigenvalue weighted by Gasteiger charge is 2.32. The summed E-state index contributed by atoms with van der Waals surface area (Å²) in [4.78, 5) is -0.523. The number of rotatable bonds is 5. The van der Waals surface area contributed by atoms with E-state index in [4.69, 9.17) is 16.7 Å². The van der Waals surface area contributed by atoms with Gasteiger partial charge in [-0.1, -0.05) is 11.6 Å². The SMILES string of the molecule is CC1(CNS(=O)(=O)c2cc(Cl)cc(CO)c2F)CCCS1. The molecule has 0 saturated carbocycles. The van der Waals surface area contributed by atoms with Gasteiger partial charge < -0.3 is 5.11 Å². The molecular formula is C13H17ClFNO3S2. The van der Waals surface area contributed by atoms with E-state index < -0.39 is 27.3 Å². The van der Waals surface area contributed by atoms with E-state index in [1.54, 1.807) is 11.8 Å². The van der Waals surface area contributed by atoms with Crippen molar-refractivity contribution >= 4 is 33.4 Å². The highest BCUT2D eigenvalue weighted by Crippen LogP contribution is 2.37. The molecule has 1 aliphatic heterocycles. The molecule has 0 bridgehead atoms. The predicted octanol–water partition coefficient (Wildman–Crippen LogP) is 2.54. The van der Waals surface area contributed by atoms with Crippen molar-refractivity contribution < 1.29 is 17.9 Å². The third-order valence-electron chi connectivity index (χ3n) is 3.48. The Hall–Kier alpha value is -0.340. The van der Waals surface area contributed by atoms with Crippen LogP contribution in [-0.2, 0) is 16.6 Å². The average Bonchev–Trinajstić information content (AvgIpc) is 2.86. The molecule has 1 fully saturated rings. The van der Waals surface area contributed by atoms with Crippen LogP contribution in [0.4, 0.5) is 4.39 Å². The van der Waals surface area contributed by atoms with Crippen LogP contribution in [0.15, 0.2) is 17.0 Å². The van der Waals surface area contributed by atoms with E-state index >= 15 is 0 Å². The molecule has 1 aromatic rings. The fraction of sp³-hybridized carbons (Fsp3) is 0.538. The van der Waals surface area contributed by atoms with Crippen molar-refractivity contribution in [3.63, 3.8) is 0 Å². The molecule has 0 aromatic heterocycles. The number of sulfonamides is 1. The van der Waals surface area contributed by atoms with Crippen molar-refractivity contribution in [1.29, 1.82) is 0 Å². The maximum absolute atomic E-state index is 14.1. The van der Waals surface area contributed by atoms with Gasteiger partial charge in [-0.3, -0.25) is 0 Å². The number of halogens is 2. The number of aliphatic hydroxyl groups is 1. The molecule has 1 aromatic carbocycles. The zero-order valence-electron chi connectivity index (χ0n) is 11.5. The Morgan fingerprint density at radius 3 is 2.81 bits per heavy atom. The molecular weight excluding hydrogens is 337 g/mol. The van der Waals surface area contributed by atoms with E-state index in [9.17, 15) is 12.8 Å². The van der Waals surface area contributed by atoms with Crippen molar-refractivity contribution in [1.82, 2.24) is 4.72 Å². The smallest absolute Gasteiger partial charge is 0.243 e. The molecule has 0 radical (unpaired) electrons. The first-order valence-corrected chi connectivity index (χ1v) is 9.34. The summed E-state index contributed by atoms with van der Waals surface area (Å²) in [7, 11) is -4.01. The Bertz CT molecular complexity index is 631. The van der Waals surface area contributed by atoms with Crippen molar-refractivity contribution in [3.8, 4) is 0 Å². The molecule has 1 heterocycles. The molecule has 21 heavy (non-hydrogen) atoms. The molecule has 1 aliphatic rings. The summed E-state index contributed by atoms with van der Waals surface area (Å²) < 4.78 is 40.9. The molecule has 1 saturated heterocycles. The largest absolute Gasteiger partial charge is 0.392 e. The van der Waals surface area contributed by atoms with Crippen LogP contribution >= 0.6 is 23.4 Å². The first-order chi connectivity index (χ1) is 9.77. The lowest BCUT2D eigenvalue weighted by Gasteiger charge is -2.23. The van der Waals surface area contributed by atoms with Gasteiger partial charge in [0.25, 0.3) is 0 Å². The van der Waals surface area contributed by atoms with E-state index in [2.05, 4.69) is 4.72 Å². The summed E-state index contributed by atoms with van der Waals surface area (Å²) in [6.45, 7) is 1.61. The van der Waals surface area contributed by atoms with Crippen LogP contribution in [0.3, 0.4) is 0 Å². The summed E-state index contributed by atoms with van der Waals surface area (Å²) in [5, 5.41) is 9.13. The summed E-state index contributed by atoms with van der Waals surface area (Å²) in [6.07, 6.45) is 1.96. The molecule has 0 amide bonds. The molecule has 2 N–H and O–H groups in total. The first kappa shape index (κ1) is 17.0. The van der Waals surface area contributed by atoms with Crippen LogP contribution in [0.1, 0.15) is 25.3 Å². The minimum atomic E-state index is -4.01. The number of aliphatic hydroxyl groups excluding tert-OH is 1. The fourth-order valence-electron chi connectivity index (χ4n) is 2.23. The zero-order valence-corrected chi connectivity index (χ0v) is 13.9. The van der Waals surface area contributed by atoms with Crippen molar-refractivity contribution in [3.05, 3.63) is 28.5 Å². The van der Waals surface area contributed by atoms with Crippen LogP contribution in [0, 0.1) is 5.82 Å². The average molecular weight is 354 g/mol. The van der Waals surface area contributed by atoms with Gasteiger partial charge in [0.1, 0.15) is 10.7 Å². The minimum Gasteiger partial charge on any atom is -0.392 e. The first-order valence-electron chi connectivity index (χ1n) is 6.50. The van der Waals surface area contributed by atoms with Crippen LogP contribution in [0.5, 0.6) is 0 Å². The Labute approximate surface area is 133 Å². The predicted molar refractivity (Wildman–Crippen MR) is 82.6 cm³/mol. The second kappa shape index (κ2) is 6.42. The van der Waals surface area contributed by atoms with E-state index in [1.165, 1.54) is 6.07 Å². The van der Waals surface area contributed by atoms with E-state index in [-0.39, 0.29) is 21.9 Å². The van der Waals surface area contributed by atoms with Gasteiger partial charge >= 0.3 is 0 Å². The number of hydrogen-bond donors (Lipinski definition) is 2. The number of hydrogen-bond acceptors (Lipinski definition) is 4. The van der Waals surface area contributed by atoms with E-state index in [1.807, 2.05) is 6.92 Å². The van der Waals surface area contributed by atoms with Crippen molar-refractivity contribution in [2.75, 3.05) is 12.3 Å². The third-order valence-corrected chi connectivity index (χ3v) is 6.63. The second-order valence-corrected chi connectivity index (χ2v) is 9.12. The number of benzene rings is 1. The Morgan fingerprint density at radius 1 is 1.52 bits per heavy atom. The highest BCUT2D eigenvalue weighted by molar-refractivity contribution is 8.01. The molecule has 2 rings (SSSR count). The lowest BCUT2D eigenvalue weighted by atomic mass is 10.1. The zero-order chi connectivity index (χ0) is 15.7. The monoisotopic (exact) mass is 353 g/mol.